The first-order valence-corrected chi connectivity index (χ1v) is 8.53. The number of piperidine rings is 1. The molecule has 0 radical (unpaired) electrons. The van der Waals surface area contributed by atoms with Crippen LogP contribution in [0.2, 0.25) is 0 Å². The standard InChI is InChI=1S/C16H21N3O2S/c1-11-4-5-19(13(7-11)9-17)15(20)8-12-10-21-16(18-12)14-3-2-6-22-14/h2-3,6,10-11,13H,4-5,7-9,17H2,1H3. The number of carbonyl (C=O) groups excluding carboxylic acids is 1. The second-order valence-electron chi connectivity index (χ2n) is 5.90. The molecule has 1 amide bonds. The number of hydrogen-bond acceptors (Lipinski definition) is 5. The third-order valence-electron chi connectivity index (χ3n) is 4.19. The Labute approximate surface area is 134 Å². The van der Waals surface area contributed by atoms with E-state index in [1.165, 1.54) is 0 Å². The lowest BCUT2D eigenvalue weighted by Crippen LogP contribution is -2.49. The minimum absolute atomic E-state index is 0.0911. The molecule has 2 aromatic heterocycles. The van der Waals surface area contributed by atoms with Gasteiger partial charge in [0.2, 0.25) is 11.8 Å². The Hall–Kier alpha value is -1.66. The predicted molar refractivity (Wildman–Crippen MR) is 86.5 cm³/mol. The van der Waals surface area contributed by atoms with Crippen LogP contribution in [0.3, 0.4) is 0 Å². The van der Waals surface area contributed by atoms with Crippen LogP contribution in [0.15, 0.2) is 28.2 Å². The smallest absolute Gasteiger partial charge is 0.236 e. The minimum atomic E-state index is 0.0911. The average Bonchev–Trinajstić information content (AvgIpc) is 3.17. The summed E-state index contributed by atoms with van der Waals surface area (Å²) < 4.78 is 5.47. The van der Waals surface area contributed by atoms with Crippen LogP contribution in [0.1, 0.15) is 25.5 Å². The molecule has 3 rings (SSSR count). The van der Waals surface area contributed by atoms with Crippen LogP contribution >= 0.6 is 11.3 Å². The number of hydrogen-bond donors (Lipinski definition) is 1. The Balaban J connectivity index is 1.66. The highest BCUT2D eigenvalue weighted by Gasteiger charge is 2.29. The monoisotopic (exact) mass is 319 g/mol. The molecule has 1 aliphatic rings. The van der Waals surface area contributed by atoms with Gasteiger partial charge < -0.3 is 15.1 Å². The van der Waals surface area contributed by atoms with Crippen LogP contribution in [0.4, 0.5) is 0 Å². The Morgan fingerprint density at radius 2 is 2.45 bits per heavy atom. The summed E-state index contributed by atoms with van der Waals surface area (Å²) >= 11 is 1.57. The molecule has 118 valence electrons. The normalized spacial score (nSPS) is 22.0. The summed E-state index contributed by atoms with van der Waals surface area (Å²) in [5.41, 5.74) is 6.51. The van der Waals surface area contributed by atoms with Gasteiger partial charge in [0, 0.05) is 19.1 Å². The SMILES string of the molecule is CC1CCN(C(=O)Cc2coc(-c3cccs3)n2)C(CN)C1. The van der Waals surface area contributed by atoms with Crippen molar-refractivity contribution in [3.05, 3.63) is 29.5 Å². The largest absolute Gasteiger partial charge is 0.444 e. The summed E-state index contributed by atoms with van der Waals surface area (Å²) in [6.45, 7) is 3.53. The van der Waals surface area contributed by atoms with Gasteiger partial charge in [-0.05, 0) is 30.2 Å². The van der Waals surface area contributed by atoms with Crippen LogP contribution in [-0.2, 0) is 11.2 Å². The molecule has 1 aliphatic heterocycles. The van der Waals surface area contributed by atoms with Gasteiger partial charge in [-0.15, -0.1) is 11.3 Å². The third kappa shape index (κ3) is 3.23. The Morgan fingerprint density at radius 1 is 1.59 bits per heavy atom. The molecule has 0 bridgehead atoms. The molecular formula is C16H21N3O2S. The zero-order valence-electron chi connectivity index (χ0n) is 12.7. The zero-order valence-corrected chi connectivity index (χ0v) is 13.5. The van der Waals surface area contributed by atoms with Crippen molar-refractivity contribution in [2.75, 3.05) is 13.1 Å². The lowest BCUT2D eigenvalue weighted by molar-refractivity contribution is -0.134. The van der Waals surface area contributed by atoms with Crippen molar-refractivity contribution >= 4 is 17.2 Å². The molecule has 6 heteroatoms. The first-order chi connectivity index (χ1) is 10.7. The summed E-state index contributed by atoms with van der Waals surface area (Å²) in [7, 11) is 0. The fraction of sp³-hybridized carbons (Fsp3) is 0.500. The fourth-order valence-electron chi connectivity index (χ4n) is 2.96. The molecule has 22 heavy (non-hydrogen) atoms. The van der Waals surface area contributed by atoms with Gasteiger partial charge in [-0.1, -0.05) is 13.0 Å². The van der Waals surface area contributed by atoms with E-state index < -0.39 is 0 Å². The van der Waals surface area contributed by atoms with E-state index in [2.05, 4.69) is 11.9 Å². The van der Waals surface area contributed by atoms with Crippen molar-refractivity contribution in [3.8, 4) is 10.8 Å². The predicted octanol–water partition coefficient (Wildman–Crippen LogP) is 2.53. The third-order valence-corrected chi connectivity index (χ3v) is 5.04. The van der Waals surface area contributed by atoms with Gasteiger partial charge in [0.1, 0.15) is 6.26 Å². The summed E-state index contributed by atoms with van der Waals surface area (Å²) in [6, 6.07) is 4.06. The summed E-state index contributed by atoms with van der Waals surface area (Å²) in [5.74, 6) is 1.31. The lowest BCUT2D eigenvalue weighted by Gasteiger charge is -2.38. The van der Waals surface area contributed by atoms with Crippen molar-refractivity contribution in [2.24, 2.45) is 11.7 Å². The van der Waals surface area contributed by atoms with Crippen LogP contribution in [0, 0.1) is 5.92 Å². The molecule has 2 N–H and O–H groups in total. The maximum absolute atomic E-state index is 12.5. The quantitative estimate of drug-likeness (QED) is 0.940. The van der Waals surface area contributed by atoms with E-state index in [0.717, 1.165) is 24.3 Å². The zero-order chi connectivity index (χ0) is 15.5. The molecule has 3 heterocycles. The number of rotatable bonds is 4. The molecule has 2 atom stereocenters. The number of oxazole rings is 1. The van der Waals surface area contributed by atoms with Crippen molar-refractivity contribution in [2.45, 2.75) is 32.2 Å². The maximum Gasteiger partial charge on any atom is 0.236 e. The van der Waals surface area contributed by atoms with Gasteiger partial charge in [0.25, 0.3) is 0 Å². The van der Waals surface area contributed by atoms with Crippen LogP contribution < -0.4 is 5.73 Å². The maximum atomic E-state index is 12.5. The first kappa shape index (κ1) is 15.2. The summed E-state index contributed by atoms with van der Waals surface area (Å²) in [5, 5.41) is 1.98. The number of nitrogens with zero attached hydrogens (tertiary/aromatic N) is 2. The number of thiophene rings is 1. The first-order valence-electron chi connectivity index (χ1n) is 7.65. The minimum Gasteiger partial charge on any atom is -0.444 e. The number of likely N-dealkylation sites (tertiary alicyclic amines) is 1. The van der Waals surface area contributed by atoms with Crippen molar-refractivity contribution in [3.63, 3.8) is 0 Å². The number of nitrogens with two attached hydrogens (primary N) is 1. The van der Waals surface area contributed by atoms with E-state index in [1.807, 2.05) is 22.4 Å². The van der Waals surface area contributed by atoms with E-state index >= 15 is 0 Å². The molecule has 0 aliphatic carbocycles. The average molecular weight is 319 g/mol. The Bertz CT molecular complexity index is 623. The molecule has 0 aromatic carbocycles. The molecule has 5 nitrogen and oxygen atoms in total. The Kier molecular flexibility index (Phi) is 4.59. The molecule has 1 fully saturated rings. The van der Waals surface area contributed by atoms with Gasteiger partial charge in [-0.2, -0.15) is 0 Å². The van der Waals surface area contributed by atoms with E-state index in [1.54, 1.807) is 17.6 Å². The number of aromatic nitrogens is 1. The van der Waals surface area contributed by atoms with E-state index in [0.29, 0.717) is 24.0 Å². The molecule has 1 saturated heterocycles. The van der Waals surface area contributed by atoms with E-state index in [9.17, 15) is 4.79 Å². The lowest BCUT2D eigenvalue weighted by atomic mass is 9.92. The highest BCUT2D eigenvalue weighted by Crippen LogP contribution is 2.25. The molecule has 2 aromatic rings. The number of carbonyl (C=O) groups is 1. The number of amides is 1. The van der Waals surface area contributed by atoms with Crippen LogP contribution in [0.5, 0.6) is 0 Å². The van der Waals surface area contributed by atoms with E-state index in [4.69, 9.17) is 10.2 Å². The van der Waals surface area contributed by atoms with Crippen molar-refractivity contribution in [1.82, 2.24) is 9.88 Å². The van der Waals surface area contributed by atoms with Gasteiger partial charge in [0.15, 0.2) is 0 Å². The molecule has 2 unspecified atom stereocenters. The topological polar surface area (TPSA) is 72.4 Å². The van der Waals surface area contributed by atoms with Gasteiger partial charge in [-0.3, -0.25) is 4.79 Å². The second-order valence-corrected chi connectivity index (χ2v) is 6.85. The molecule has 0 saturated carbocycles. The van der Waals surface area contributed by atoms with Crippen LogP contribution in [0.25, 0.3) is 10.8 Å². The molecular weight excluding hydrogens is 298 g/mol. The van der Waals surface area contributed by atoms with Gasteiger partial charge in [-0.25, -0.2) is 4.98 Å². The van der Waals surface area contributed by atoms with Crippen molar-refractivity contribution in [1.29, 1.82) is 0 Å². The highest BCUT2D eigenvalue weighted by atomic mass is 32.1. The Morgan fingerprint density at radius 3 is 3.18 bits per heavy atom. The summed E-state index contributed by atoms with van der Waals surface area (Å²) in [6.07, 6.45) is 3.89. The van der Waals surface area contributed by atoms with Gasteiger partial charge >= 0.3 is 0 Å². The highest BCUT2D eigenvalue weighted by molar-refractivity contribution is 7.13. The fourth-order valence-corrected chi connectivity index (χ4v) is 3.62. The van der Waals surface area contributed by atoms with Crippen molar-refractivity contribution < 1.29 is 9.21 Å². The second kappa shape index (κ2) is 6.62. The van der Waals surface area contributed by atoms with Crippen LogP contribution in [-0.4, -0.2) is 34.9 Å². The summed E-state index contributed by atoms with van der Waals surface area (Å²) in [4.78, 5) is 19.8. The van der Waals surface area contributed by atoms with Gasteiger partial charge in [0.05, 0.1) is 17.0 Å². The van der Waals surface area contributed by atoms with E-state index in [-0.39, 0.29) is 18.4 Å². The molecule has 0 spiro atoms.